The quantitative estimate of drug-likeness (QED) is 0.191. The van der Waals surface area contributed by atoms with Crippen molar-refractivity contribution in [2.24, 2.45) is 22.7 Å². The van der Waals surface area contributed by atoms with Gasteiger partial charge in [-0.05, 0) is 24.1 Å². The monoisotopic (exact) mass is 696 g/mol. The number of esters is 5. The zero-order valence-corrected chi connectivity index (χ0v) is 29.3. The van der Waals surface area contributed by atoms with E-state index in [2.05, 4.69) is 6.58 Å². The molecular formula is C37H44O13. The SMILES string of the molecule is C=C1[C@@H](OC(=O)/C=C\c2ccccc2)C[C@H](OC(C)=O)[C@@]2(C)[C@@H](OC(C)=O)[C@H](OC(C)=O)[C@]3(O)[C@@]4(C)CO[C@]3(C)C(=O)C[C@H]4[C@@H](OC(C)=O)[C@H]12. The van der Waals surface area contributed by atoms with Crippen molar-refractivity contribution < 1.29 is 62.3 Å². The minimum Gasteiger partial charge on any atom is -0.462 e. The van der Waals surface area contributed by atoms with Gasteiger partial charge in [0.15, 0.2) is 23.6 Å². The first-order valence-electron chi connectivity index (χ1n) is 16.5. The molecule has 0 unspecified atom stereocenters. The van der Waals surface area contributed by atoms with Crippen LogP contribution in [0.2, 0.25) is 0 Å². The van der Waals surface area contributed by atoms with Crippen LogP contribution in [0, 0.1) is 22.7 Å². The highest BCUT2D eigenvalue weighted by Gasteiger charge is 2.82. The van der Waals surface area contributed by atoms with Crippen LogP contribution in [0.25, 0.3) is 6.08 Å². The molecule has 0 aromatic heterocycles. The third-order valence-corrected chi connectivity index (χ3v) is 11.3. The van der Waals surface area contributed by atoms with Gasteiger partial charge in [-0.3, -0.25) is 24.0 Å². The van der Waals surface area contributed by atoms with Crippen LogP contribution in [-0.2, 0) is 57.2 Å². The Balaban J connectivity index is 1.76. The fraction of sp³-hybridized carbons (Fsp3) is 0.568. The van der Waals surface area contributed by atoms with Crippen LogP contribution in [-0.4, -0.2) is 89.1 Å². The van der Waals surface area contributed by atoms with E-state index >= 15 is 0 Å². The number of Topliss-reactive ketones (excluding diaryl/α,β-unsaturated/α-hetero) is 1. The summed E-state index contributed by atoms with van der Waals surface area (Å²) >= 11 is 0. The number of carbonyl (C=O) groups is 6. The van der Waals surface area contributed by atoms with E-state index in [-0.39, 0.29) is 25.0 Å². The summed E-state index contributed by atoms with van der Waals surface area (Å²) < 4.78 is 35.9. The third-order valence-electron chi connectivity index (χ3n) is 11.3. The van der Waals surface area contributed by atoms with Gasteiger partial charge < -0.3 is 33.5 Å². The van der Waals surface area contributed by atoms with Crippen LogP contribution in [0.3, 0.4) is 0 Å². The number of hydrogen-bond donors (Lipinski definition) is 1. The largest absolute Gasteiger partial charge is 0.462 e. The number of ether oxygens (including phenoxy) is 6. The fourth-order valence-electron chi connectivity index (χ4n) is 8.98. The van der Waals surface area contributed by atoms with E-state index in [4.69, 9.17) is 28.4 Å². The zero-order valence-electron chi connectivity index (χ0n) is 29.3. The standard InChI is InChI=1S/C37H44O13/c1-19-26(50-29(43)15-14-24-12-10-9-11-13-24)17-28(46-20(2)38)35(7)30(19)31(47-21(3)39)25-16-27(42)36(8)37(44,34(25,6)18-45-36)33(49-23(5)41)32(35)48-22(4)40/h9-15,25-26,28,30-33,44H,1,16-18H2,2-8H3/b15-14-/t25-,26-,28-,30-,31+,32-,33-,34-,35+,36+,37-/m0/s1. The number of hydrogen-bond acceptors (Lipinski definition) is 13. The van der Waals surface area contributed by atoms with Crippen LogP contribution in [0.4, 0.5) is 0 Å². The second kappa shape index (κ2) is 13.1. The number of aliphatic hydroxyl groups is 1. The van der Waals surface area contributed by atoms with Crippen LogP contribution in [0.15, 0.2) is 48.6 Å². The first-order chi connectivity index (χ1) is 23.3. The molecule has 13 heteroatoms. The molecule has 11 atom stereocenters. The maximum atomic E-state index is 14.1. The molecule has 4 fully saturated rings. The van der Waals surface area contributed by atoms with Crippen molar-refractivity contribution in [1.29, 1.82) is 0 Å². The van der Waals surface area contributed by atoms with E-state index in [1.807, 2.05) is 6.07 Å². The maximum Gasteiger partial charge on any atom is 0.331 e. The van der Waals surface area contributed by atoms with Crippen molar-refractivity contribution >= 4 is 41.7 Å². The molecule has 50 heavy (non-hydrogen) atoms. The summed E-state index contributed by atoms with van der Waals surface area (Å²) in [5.74, 6) is -6.69. The Morgan fingerprint density at radius 2 is 1.44 bits per heavy atom. The predicted octanol–water partition coefficient (Wildman–Crippen LogP) is 3.05. The molecule has 1 heterocycles. The first-order valence-corrected chi connectivity index (χ1v) is 16.5. The second-order valence-electron chi connectivity index (χ2n) is 14.3. The Morgan fingerprint density at radius 1 is 0.860 bits per heavy atom. The minimum atomic E-state index is -2.36. The Labute approximate surface area is 290 Å². The lowest BCUT2D eigenvalue weighted by molar-refractivity contribution is -0.295. The topological polar surface area (TPSA) is 178 Å². The molecule has 3 saturated carbocycles. The molecule has 5 rings (SSSR count). The summed E-state index contributed by atoms with van der Waals surface area (Å²) in [6.07, 6.45) is -4.76. The highest BCUT2D eigenvalue weighted by molar-refractivity contribution is 5.91. The van der Waals surface area contributed by atoms with Gasteiger partial charge in [0.05, 0.1) is 12.0 Å². The minimum absolute atomic E-state index is 0.194. The molecule has 0 amide bonds. The molecule has 0 spiro atoms. The van der Waals surface area contributed by atoms with Crippen molar-refractivity contribution in [2.45, 2.75) is 103 Å². The summed E-state index contributed by atoms with van der Waals surface area (Å²) in [7, 11) is 0. The Bertz CT molecular complexity index is 1630. The van der Waals surface area contributed by atoms with Crippen molar-refractivity contribution in [1.82, 2.24) is 0 Å². The molecule has 1 aliphatic heterocycles. The van der Waals surface area contributed by atoms with Gasteiger partial charge in [-0.2, -0.15) is 0 Å². The lowest BCUT2D eigenvalue weighted by Gasteiger charge is -2.64. The molecule has 1 N–H and O–H groups in total. The Morgan fingerprint density at radius 3 is 2.02 bits per heavy atom. The summed E-state index contributed by atoms with van der Waals surface area (Å²) in [6, 6.07) is 9.03. The van der Waals surface area contributed by atoms with Gasteiger partial charge in [-0.25, -0.2) is 4.79 Å². The molecule has 270 valence electrons. The highest BCUT2D eigenvalue weighted by Crippen LogP contribution is 2.67. The normalized spacial score (nSPS) is 39.0. The van der Waals surface area contributed by atoms with Crippen LogP contribution in [0.1, 0.15) is 66.9 Å². The highest BCUT2D eigenvalue weighted by atomic mass is 16.6. The van der Waals surface area contributed by atoms with E-state index < -0.39 is 100 Å². The number of ketones is 1. The van der Waals surface area contributed by atoms with Crippen molar-refractivity contribution in [3.63, 3.8) is 0 Å². The van der Waals surface area contributed by atoms with Gasteiger partial charge in [-0.15, -0.1) is 0 Å². The predicted molar refractivity (Wildman–Crippen MR) is 173 cm³/mol. The smallest absolute Gasteiger partial charge is 0.331 e. The van der Waals surface area contributed by atoms with E-state index in [0.717, 1.165) is 19.4 Å². The average Bonchev–Trinajstić information content (AvgIpc) is 3.17. The maximum absolute atomic E-state index is 14.1. The first kappa shape index (κ1) is 36.9. The number of benzene rings is 1. The third kappa shape index (κ3) is 5.73. The lowest BCUT2D eigenvalue weighted by Crippen LogP contribution is -2.80. The summed E-state index contributed by atoms with van der Waals surface area (Å²) in [5, 5.41) is 13.0. The van der Waals surface area contributed by atoms with Gasteiger partial charge in [-0.1, -0.05) is 50.8 Å². The van der Waals surface area contributed by atoms with Crippen molar-refractivity contribution in [2.75, 3.05) is 6.61 Å². The van der Waals surface area contributed by atoms with Crippen LogP contribution >= 0.6 is 0 Å². The molecule has 4 aliphatic rings. The molecule has 1 aromatic carbocycles. The zero-order chi connectivity index (χ0) is 37.0. The number of carbonyl (C=O) groups excluding carboxylic acids is 6. The van der Waals surface area contributed by atoms with Crippen molar-refractivity contribution in [3.05, 3.63) is 54.1 Å². The molecule has 13 nitrogen and oxygen atoms in total. The number of fused-ring (bicyclic) bond motifs is 1. The van der Waals surface area contributed by atoms with E-state index in [9.17, 15) is 33.9 Å². The van der Waals surface area contributed by atoms with Gasteiger partial charge >= 0.3 is 29.8 Å². The van der Waals surface area contributed by atoms with E-state index in [1.54, 1.807) is 44.2 Å². The molecule has 3 aliphatic carbocycles. The molecule has 1 aromatic rings. The summed E-state index contributed by atoms with van der Waals surface area (Å²) in [5.41, 5.74) is -6.51. The van der Waals surface area contributed by atoms with Gasteiger partial charge in [0.1, 0.15) is 23.9 Å². The van der Waals surface area contributed by atoms with Gasteiger partial charge in [0.25, 0.3) is 0 Å². The molecule has 4 bridgehead atoms. The molecular weight excluding hydrogens is 652 g/mol. The van der Waals surface area contributed by atoms with E-state index in [0.29, 0.717) is 0 Å². The van der Waals surface area contributed by atoms with Crippen LogP contribution < -0.4 is 0 Å². The lowest BCUT2D eigenvalue weighted by atomic mass is 9.44. The summed E-state index contributed by atoms with van der Waals surface area (Å²) in [4.78, 5) is 78.9. The van der Waals surface area contributed by atoms with Crippen LogP contribution in [0.5, 0.6) is 0 Å². The van der Waals surface area contributed by atoms with Gasteiger partial charge in [0.2, 0.25) is 0 Å². The van der Waals surface area contributed by atoms with E-state index in [1.165, 1.54) is 26.8 Å². The fourth-order valence-corrected chi connectivity index (χ4v) is 8.98. The summed E-state index contributed by atoms with van der Waals surface area (Å²) in [6.45, 7) is 13.3. The average molecular weight is 697 g/mol. The Kier molecular flexibility index (Phi) is 9.65. The second-order valence-corrected chi connectivity index (χ2v) is 14.3. The Hall–Kier alpha value is -4.36. The van der Waals surface area contributed by atoms with Crippen molar-refractivity contribution in [3.8, 4) is 0 Å². The number of rotatable bonds is 7. The van der Waals surface area contributed by atoms with Gasteiger partial charge in [0, 0.05) is 63.9 Å². The molecule has 0 radical (unpaired) electrons. The molecule has 1 saturated heterocycles.